The summed E-state index contributed by atoms with van der Waals surface area (Å²) in [6, 6.07) is 2.55. The molecule has 1 N–H and O–H groups in total. The lowest BCUT2D eigenvalue weighted by molar-refractivity contribution is 0.0173. The highest BCUT2D eigenvalue weighted by Crippen LogP contribution is 2.34. The molecule has 0 aliphatic carbocycles. The fraction of sp³-hybridized carbons (Fsp3) is 0.600. The molecule has 6 nitrogen and oxygen atoms in total. The Morgan fingerprint density at radius 1 is 0.893 bits per heavy atom. The number of hydrogen-bond donors (Lipinski definition) is 1. The number of carbonyl (C=O) groups is 2. The zero-order valence-electron chi connectivity index (χ0n) is 18.0. The first-order chi connectivity index (χ1) is 12.4. The molecule has 0 radical (unpaired) electrons. The van der Waals surface area contributed by atoms with Crippen molar-refractivity contribution in [1.82, 2.24) is 5.43 Å². The Bertz CT molecular complexity index is 721. The molecule has 0 heterocycles. The maximum atomic E-state index is 13.7. The van der Waals surface area contributed by atoms with Crippen LogP contribution in [0.4, 0.5) is 24.1 Å². The second-order valence-electron chi connectivity index (χ2n) is 8.78. The molecular formula is C20H30F2N2O4. The van der Waals surface area contributed by atoms with Crippen LogP contribution in [0.1, 0.15) is 65.2 Å². The van der Waals surface area contributed by atoms with Crippen LogP contribution in [0.2, 0.25) is 0 Å². The van der Waals surface area contributed by atoms with Crippen molar-refractivity contribution in [2.45, 2.75) is 79.4 Å². The average Bonchev–Trinajstić information content (AvgIpc) is 2.40. The number of ether oxygens (including phenoxy) is 2. The minimum atomic E-state index is -3.04. The number of alkyl halides is 2. The van der Waals surface area contributed by atoms with Gasteiger partial charge in [-0.3, -0.25) is 0 Å². The molecular weight excluding hydrogens is 370 g/mol. The number of nitrogens with zero attached hydrogens (tertiary/aromatic N) is 1. The number of halogens is 2. The fourth-order valence-electron chi connectivity index (χ4n) is 2.45. The van der Waals surface area contributed by atoms with Crippen LogP contribution in [0, 0.1) is 13.8 Å². The standard InChI is InChI=1S/C20H30F2N2O4/c1-12-10-14(20(9,21)22)11-13(2)15(12)24(17(26)28-19(6,7)8)23-16(25)27-18(3,4)5/h10-11H,1-9H3,(H,23,25). The van der Waals surface area contributed by atoms with E-state index in [9.17, 15) is 18.4 Å². The van der Waals surface area contributed by atoms with Crippen molar-refractivity contribution in [3.63, 3.8) is 0 Å². The summed E-state index contributed by atoms with van der Waals surface area (Å²) < 4.78 is 38.0. The van der Waals surface area contributed by atoms with Gasteiger partial charge >= 0.3 is 12.2 Å². The van der Waals surface area contributed by atoms with Gasteiger partial charge in [0.1, 0.15) is 11.2 Å². The summed E-state index contributed by atoms with van der Waals surface area (Å²) in [5, 5.41) is 0.890. The van der Waals surface area contributed by atoms with Crippen LogP contribution in [-0.4, -0.2) is 23.4 Å². The summed E-state index contributed by atoms with van der Waals surface area (Å²) >= 11 is 0. The SMILES string of the molecule is Cc1cc(C(C)(F)F)cc(C)c1N(NC(=O)OC(C)(C)C)C(=O)OC(C)(C)C. The Morgan fingerprint density at radius 2 is 1.32 bits per heavy atom. The molecule has 2 amide bonds. The average molecular weight is 400 g/mol. The molecule has 0 atom stereocenters. The van der Waals surface area contributed by atoms with E-state index >= 15 is 0 Å². The highest BCUT2D eigenvalue weighted by molar-refractivity contribution is 5.92. The summed E-state index contributed by atoms with van der Waals surface area (Å²) in [4.78, 5) is 25.0. The van der Waals surface area contributed by atoms with Crippen molar-refractivity contribution in [2.75, 3.05) is 5.01 Å². The molecule has 0 aromatic heterocycles. The van der Waals surface area contributed by atoms with Crippen molar-refractivity contribution in [2.24, 2.45) is 0 Å². The van der Waals surface area contributed by atoms with Gasteiger partial charge < -0.3 is 9.47 Å². The molecule has 28 heavy (non-hydrogen) atoms. The van der Waals surface area contributed by atoms with E-state index in [0.29, 0.717) is 11.1 Å². The molecule has 158 valence electrons. The molecule has 1 aromatic carbocycles. The molecule has 1 rings (SSSR count). The third-order valence-electron chi connectivity index (χ3n) is 3.40. The Hall–Kier alpha value is -2.38. The van der Waals surface area contributed by atoms with Gasteiger partial charge in [-0.15, -0.1) is 0 Å². The molecule has 0 fully saturated rings. The number of hydrazine groups is 1. The minimum Gasteiger partial charge on any atom is -0.443 e. The van der Waals surface area contributed by atoms with Crippen molar-refractivity contribution in [1.29, 1.82) is 0 Å². The Kier molecular flexibility index (Phi) is 6.70. The summed E-state index contributed by atoms with van der Waals surface area (Å²) in [6.07, 6.45) is -1.73. The predicted octanol–water partition coefficient (Wildman–Crippen LogP) is 5.60. The largest absolute Gasteiger partial charge is 0.443 e. The topological polar surface area (TPSA) is 67.9 Å². The number of hydrogen-bond acceptors (Lipinski definition) is 4. The van der Waals surface area contributed by atoms with E-state index in [-0.39, 0.29) is 11.3 Å². The van der Waals surface area contributed by atoms with E-state index in [2.05, 4.69) is 5.43 Å². The van der Waals surface area contributed by atoms with E-state index < -0.39 is 29.3 Å². The molecule has 0 saturated heterocycles. The summed E-state index contributed by atoms with van der Waals surface area (Å²) in [6.45, 7) is 14.0. The van der Waals surface area contributed by atoms with Crippen LogP contribution in [0.5, 0.6) is 0 Å². The number of anilines is 1. The first kappa shape index (κ1) is 23.7. The van der Waals surface area contributed by atoms with Gasteiger partial charge in [0.05, 0.1) is 5.69 Å². The van der Waals surface area contributed by atoms with Crippen molar-refractivity contribution in [3.8, 4) is 0 Å². The van der Waals surface area contributed by atoms with E-state index in [1.165, 1.54) is 12.1 Å². The van der Waals surface area contributed by atoms with E-state index in [1.807, 2.05) is 0 Å². The maximum Gasteiger partial charge on any atom is 0.434 e. The highest BCUT2D eigenvalue weighted by atomic mass is 19.3. The second-order valence-corrected chi connectivity index (χ2v) is 8.78. The van der Waals surface area contributed by atoms with Gasteiger partial charge in [0.25, 0.3) is 5.92 Å². The van der Waals surface area contributed by atoms with Gasteiger partial charge in [-0.05, 0) is 78.6 Å². The highest BCUT2D eigenvalue weighted by Gasteiger charge is 2.31. The summed E-state index contributed by atoms with van der Waals surface area (Å²) in [5.41, 5.74) is 1.55. The van der Waals surface area contributed by atoms with Crippen molar-refractivity contribution < 1.29 is 27.8 Å². The second kappa shape index (κ2) is 7.93. The molecule has 0 aliphatic rings. The maximum absolute atomic E-state index is 13.7. The van der Waals surface area contributed by atoms with Crippen LogP contribution < -0.4 is 10.4 Å². The van der Waals surface area contributed by atoms with Crippen LogP contribution in [0.15, 0.2) is 12.1 Å². The van der Waals surface area contributed by atoms with E-state index in [0.717, 1.165) is 11.9 Å². The van der Waals surface area contributed by atoms with Crippen molar-refractivity contribution >= 4 is 17.9 Å². The van der Waals surface area contributed by atoms with Crippen LogP contribution in [-0.2, 0) is 15.4 Å². The number of rotatable bonds is 2. The first-order valence-electron chi connectivity index (χ1n) is 8.93. The molecule has 0 aliphatic heterocycles. The molecule has 0 saturated carbocycles. The molecule has 0 spiro atoms. The lowest BCUT2D eigenvalue weighted by atomic mass is 10.0. The minimum absolute atomic E-state index is 0.187. The van der Waals surface area contributed by atoms with Gasteiger partial charge in [0.15, 0.2) is 0 Å². The first-order valence-corrected chi connectivity index (χ1v) is 8.93. The molecule has 8 heteroatoms. The van der Waals surface area contributed by atoms with E-state index in [4.69, 9.17) is 9.47 Å². The van der Waals surface area contributed by atoms with Gasteiger partial charge in [0.2, 0.25) is 0 Å². The monoisotopic (exact) mass is 400 g/mol. The third-order valence-corrected chi connectivity index (χ3v) is 3.40. The third kappa shape index (κ3) is 6.98. The lowest BCUT2D eigenvalue weighted by Crippen LogP contribution is -2.50. The summed E-state index contributed by atoms with van der Waals surface area (Å²) in [7, 11) is 0. The lowest BCUT2D eigenvalue weighted by Gasteiger charge is -2.31. The number of aryl methyl sites for hydroxylation is 2. The van der Waals surface area contributed by atoms with Crippen LogP contribution >= 0.6 is 0 Å². The smallest absolute Gasteiger partial charge is 0.434 e. The summed E-state index contributed by atoms with van der Waals surface area (Å²) in [5.74, 6) is -3.04. The molecule has 0 bridgehead atoms. The Morgan fingerprint density at radius 3 is 1.68 bits per heavy atom. The normalized spacial score (nSPS) is 12.4. The fourth-order valence-corrected chi connectivity index (χ4v) is 2.45. The predicted molar refractivity (Wildman–Crippen MR) is 104 cm³/mol. The van der Waals surface area contributed by atoms with Crippen molar-refractivity contribution in [3.05, 3.63) is 28.8 Å². The molecule has 1 aromatic rings. The number of amides is 2. The van der Waals surface area contributed by atoms with Crippen LogP contribution in [0.25, 0.3) is 0 Å². The van der Waals surface area contributed by atoms with E-state index in [1.54, 1.807) is 55.4 Å². The Balaban J connectivity index is 3.39. The number of nitrogens with one attached hydrogen (secondary N) is 1. The van der Waals surface area contributed by atoms with Gasteiger partial charge in [-0.2, -0.15) is 5.01 Å². The molecule has 0 unspecified atom stereocenters. The zero-order chi connectivity index (χ0) is 22.1. The quantitative estimate of drug-likeness (QED) is 0.657. The number of carbonyl (C=O) groups excluding carboxylic acids is 2. The zero-order valence-corrected chi connectivity index (χ0v) is 18.0. The Labute approximate surface area is 165 Å². The van der Waals surface area contributed by atoms with Gasteiger partial charge in [0, 0.05) is 12.5 Å². The van der Waals surface area contributed by atoms with Crippen LogP contribution in [0.3, 0.4) is 0 Å². The number of benzene rings is 1. The van der Waals surface area contributed by atoms with Gasteiger partial charge in [-0.1, -0.05) is 0 Å². The van der Waals surface area contributed by atoms with Gasteiger partial charge in [-0.25, -0.2) is 23.8 Å².